The van der Waals surface area contributed by atoms with Gasteiger partial charge in [-0.15, -0.1) is 0 Å². The normalized spacial score (nSPS) is 13.1. The topological polar surface area (TPSA) is 109 Å². The molecule has 0 aliphatic heterocycles. The third-order valence-electron chi connectivity index (χ3n) is 3.34. The van der Waals surface area contributed by atoms with Gasteiger partial charge in [-0.1, -0.05) is 0 Å². The van der Waals surface area contributed by atoms with Gasteiger partial charge in [-0.2, -0.15) is 26.3 Å². The zero-order chi connectivity index (χ0) is 21.0. The highest BCUT2D eigenvalue weighted by atomic mass is 19.4. The standard InChI is InChI=1S/C15H14F6N2O4/c16-14(17,18)8-3-7(4-9(6-8)15(19,20)21)5-11(24)23-10(13(22)27)1-2-12(25)26/h3-4,6,10H,1-2,5H2,(H2,22,27)(H,23,24)(H,25,26)/t10-/m0/s1. The first-order valence-electron chi connectivity index (χ1n) is 7.29. The summed E-state index contributed by atoms with van der Waals surface area (Å²) in [6, 6.07) is -0.751. The minimum Gasteiger partial charge on any atom is -0.481 e. The maximum atomic E-state index is 12.8. The summed E-state index contributed by atoms with van der Waals surface area (Å²) in [5.74, 6) is -3.47. The molecule has 0 spiro atoms. The lowest BCUT2D eigenvalue weighted by Gasteiger charge is -2.16. The molecule has 12 heteroatoms. The molecule has 0 heterocycles. The monoisotopic (exact) mass is 400 g/mol. The lowest BCUT2D eigenvalue weighted by molar-refractivity contribution is -0.143. The van der Waals surface area contributed by atoms with E-state index >= 15 is 0 Å². The van der Waals surface area contributed by atoms with E-state index in [0.29, 0.717) is 12.1 Å². The van der Waals surface area contributed by atoms with Gasteiger partial charge in [0, 0.05) is 6.42 Å². The molecule has 1 atom stereocenters. The van der Waals surface area contributed by atoms with Gasteiger partial charge in [-0.25, -0.2) is 0 Å². The van der Waals surface area contributed by atoms with Gasteiger partial charge in [0.2, 0.25) is 11.8 Å². The quantitative estimate of drug-likeness (QED) is 0.609. The molecule has 0 saturated heterocycles. The van der Waals surface area contributed by atoms with Crippen LogP contribution in [-0.2, 0) is 33.2 Å². The molecule has 6 nitrogen and oxygen atoms in total. The molecule has 0 radical (unpaired) electrons. The van der Waals surface area contributed by atoms with Crippen LogP contribution in [0.2, 0.25) is 0 Å². The van der Waals surface area contributed by atoms with Gasteiger partial charge in [0.05, 0.1) is 17.5 Å². The Morgan fingerprint density at radius 1 is 1.00 bits per heavy atom. The van der Waals surface area contributed by atoms with Crippen molar-refractivity contribution < 1.29 is 45.8 Å². The van der Waals surface area contributed by atoms with Crippen molar-refractivity contribution >= 4 is 17.8 Å². The van der Waals surface area contributed by atoms with E-state index in [4.69, 9.17) is 10.8 Å². The fraction of sp³-hybridized carbons (Fsp3) is 0.400. The van der Waals surface area contributed by atoms with E-state index in [1.807, 2.05) is 5.32 Å². The fourth-order valence-electron chi connectivity index (χ4n) is 2.11. The molecule has 0 aliphatic rings. The Labute approximate surface area is 148 Å². The molecule has 0 aromatic heterocycles. The van der Waals surface area contributed by atoms with Crippen molar-refractivity contribution in [3.63, 3.8) is 0 Å². The van der Waals surface area contributed by atoms with Crippen LogP contribution in [-0.4, -0.2) is 28.9 Å². The minimum absolute atomic E-state index is 0.0829. The first kappa shape index (κ1) is 22.3. The lowest BCUT2D eigenvalue weighted by Crippen LogP contribution is -2.45. The Hall–Kier alpha value is -2.79. The third-order valence-corrected chi connectivity index (χ3v) is 3.34. The van der Waals surface area contributed by atoms with E-state index < -0.39 is 65.7 Å². The van der Waals surface area contributed by atoms with Gasteiger partial charge in [-0.05, 0) is 30.2 Å². The molecule has 150 valence electrons. The molecular formula is C15H14F6N2O4. The number of amides is 2. The number of benzene rings is 1. The Morgan fingerprint density at radius 3 is 1.85 bits per heavy atom. The van der Waals surface area contributed by atoms with Crippen LogP contribution in [0.5, 0.6) is 0 Å². The summed E-state index contributed by atoms with van der Waals surface area (Å²) in [5, 5.41) is 10.5. The average Bonchev–Trinajstić information content (AvgIpc) is 2.48. The molecular weight excluding hydrogens is 386 g/mol. The molecule has 0 fully saturated rings. The van der Waals surface area contributed by atoms with E-state index in [1.165, 1.54) is 0 Å². The number of halogens is 6. The highest BCUT2D eigenvalue weighted by Gasteiger charge is 2.37. The maximum Gasteiger partial charge on any atom is 0.416 e. The predicted octanol–water partition coefficient (Wildman–Crippen LogP) is 2.10. The van der Waals surface area contributed by atoms with Crippen LogP contribution in [0, 0.1) is 0 Å². The summed E-state index contributed by atoms with van der Waals surface area (Å²) < 4.78 is 76.7. The SMILES string of the molecule is NC(=O)[C@H](CCC(=O)O)NC(=O)Cc1cc(C(F)(F)F)cc(C(F)(F)F)c1. The van der Waals surface area contributed by atoms with E-state index in [1.54, 1.807) is 0 Å². The highest BCUT2D eigenvalue weighted by Crippen LogP contribution is 2.36. The van der Waals surface area contributed by atoms with Crippen molar-refractivity contribution in [2.45, 2.75) is 37.7 Å². The average molecular weight is 400 g/mol. The summed E-state index contributed by atoms with van der Waals surface area (Å²) in [4.78, 5) is 33.5. The van der Waals surface area contributed by atoms with Gasteiger partial charge >= 0.3 is 18.3 Å². The van der Waals surface area contributed by atoms with Crippen LogP contribution in [0.1, 0.15) is 29.5 Å². The molecule has 1 rings (SSSR count). The minimum atomic E-state index is -5.07. The number of nitrogens with two attached hydrogens (primary N) is 1. The van der Waals surface area contributed by atoms with Crippen molar-refractivity contribution in [2.75, 3.05) is 0 Å². The van der Waals surface area contributed by atoms with Crippen LogP contribution in [0.3, 0.4) is 0 Å². The molecule has 0 aliphatic carbocycles. The van der Waals surface area contributed by atoms with Gasteiger partial charge in [0.25, 0.3) is 0 Å². The summed E-state index contributed by atoms with van der Waals surface area (Å²) >= 11 is 0. The Kier molecular flexibility index (Phi) is 6.81. The number of carbonyl (C=O) groups excluding carboxylic acids is 2. The van der Waals surface area contributed by atoms with Gasteiger partial charge in [0.1, 0.15) is 6.04 Å². The Balaban J connectivity index is 3.03. The summed E-state index contributed by atoms with van der Waals surface area (Å²) in [5.41, 5.74) is 1.22. The fourth-order valence-corrected chi connectivity index (χ4v) is 2.11. The third kappa shape index (κ3) is 7.15. The second-order valence-corrected chi connectivity index (χ2v) is 5.55. The van der Waals surface area contributed by atoms with Crippen molar-refractivity contribution in [1.82, 2.24) is 5.32 Å². The lowest BCUT2D eigenvalue weighted by atomic mass is 10.0. The number of hydrogen-bond donors (Lipinski definition) is 3. The summed E-state index contributed by atoms with van der Waals surface area (Å²) in [6.07, 6.45) is -11.9. The number of primary amides is 1. The number of alkyl halides is 6. The molecule has 2 amide bonds. The van der Waals surface area contributed by atoms with E-state index in [9.17, 15) is 40.7 Å². The van der Waals surface area contributed by atoms with Crippen LogP contribution in [0.25, 0.3) is 0 Å². The first-order valence-corrected chi connectivity index (χ1v) is 7.29. The van der Waals surface area contributed by atoms with Crippen molar-refractivity contribution in [3.8, 4) is 0 Å². The van der Waals surface area contributed by atoms with Crippen molar-refractivity contribution in [3.05, 3.63) is 34.9 Å². The zero-order valence-electron chi connectivity index (χ0n) is 13.4. The molecule has 0 bridgehead atoms. The van der Waals surface area contributed by atoms with Crippen LogP contribution in [0.15, 0.2) is 18.2 Å². The van der Waals surface area contributed by atoms with Gasteiger partial charge in [0.15, 0.2) is 0 Å². The van der Waals surface area contributed by atoms with Crippen molar-refractivity contribution in [2.24, 2.45) is 5.73 Å². The highest BCUT2D eigenvalue weighted by molar-refractivity contribution is 5.87. The number of aliphatic carboxylic acids is 1. The van der Waals surface area contributed by atoms with E-state index in [-0.39, 0.29) is 12.5 Å². The molecule has 0 saturated carbocycles. The largest absolute Gasteiger partial charge is 0.481 e. The maximum absolute atomic E-state index is 12.8. The summed E-state index contributed by atoms with van der Waals surface area (Å²) in [7, 11) is 0. The second kappa shape index (κ2) is 8.27. The predicted molar refractivity (Wildman–Crippen MR) is 78.1 cm³/mol. The number of carboxylic acids is 1. The number of carbonyl (C=O) groups is 3. The Morgan fingerprint density at radius 2 is 1.48 bits per heavy atom. The Bertz CT molecular complexity index is 698. The van der Waals surface area contributed by atoms with Gasteiger partial charge in [-0.3, -0.25) is 14.4 Å². The number of carboxylic acid groups (broad SMARTS) is 1. The molecule has 1 aromatic rings. The number of rotatable bonds is 7. The molecule has 1 aromatic carbocycles. The van der Waals surface area contributed by atoms with E-state index in [2.05, 4.69) is 0 Å². The van der Waals surface area contributed by atoms with Crippen LogP contribution < -0.4 is 11.1 Å². The van der Waals surface area contributed by atoms with E-state index in [0.717, 1.165) is 0 Å². The molecule has 4 N–H and O–H groups in total. The van der Waals surface area contributed by atoms with Crippen LogP contribution in [0.4, 0.5) is 26.3 Å². The smallest absolute Gasteiger partial charge is 0.416 e. The molecule has 27 heavy (non-hydrogen) atoms. The van der Waals surface area contributed by atoms with Gasteiger partial charge < -0.3 is 16.2 Å². The van der Waals surface area contributed by atoms with Crippen LogP contribution >= 0.6 is 0 Å². The number of nitrogens with one attached hydrogen (secondary N) is 1. The number of hydrogen-bond acceptors (Lipinski definition) is 3. The first-order chi connectivity index (χ1) is 12.2. The van der Waals surface area contributed by atoms with Crippen molar-refractivity contribution in [1.29, 1.82) is 0 Å². The summed E-state index contributed by atoms with van der Waals surface area (Å²) in [6.45, 7) is 0. The zero-order valence-corrected chi connectivity index (χ0v) is 13.4. The second-order valence-electron chi connectivity index (χ2n) is 5.55. The molecule has 0 unspecified atom stereocenters.